The van der Waals surface area contributed by atoms with Crippen molar-refractivity contribution in [3.8, 4) is 0 Å². The van der Waals surface area contributed by atoms with Crippen molar-refractivity contribution in [1.82, 2.24) is 4.90 Å². The standard InChI is InChI=1S/C18H23F4NO3/c1-16(25)6-9-26-17(15(16)24)4-7-23(8-5-17)11-12-10-13(19)2-3-14(12)18(20,21)22/h2-3,10,15,24-25H,4-9,11H2,1H3/t15-,16+/m0/s1. The number of hydrogen-bond acceptors (Lipinski definition) is 4. The Balaban J connectivity index is 1.71. The van der Waals surface area contributed by atoms with Crippen molar-refractivity contribution in [1.29, 1.82) is 0 Å². The first-order valence-electron chi connectivity index (χ1n) is 8.66. The summed E-state index contributed by atoms with van der Waals surface area (Å²) in [5.74, 6) is -0.705. The van der Waals surface area contributed by atoms with Gasteiger partial charge in [0.25, 0.3) is 0 Å². The number of likely N-dealkylation sites (tertiary alicyclic amines) is 1. The number of aliphatic hydroxyl groups is 2. The van der Waals surface area contributed by atoms with Crippen LogP contribution in [0.25, 0.3) is 0 Å². The van der Waals surface area contributed by atoms with Crippen molar-refractivity contribution in [2.75, 3.05) is 19.7 Å². The predicted octanol–water partition coefficient (Wildman–Crippen LogP) is 2.71. The number of rotatable bonds is 2. The van der Waals surface area contributed by atoms with Crippen molar-refractivity contribution >= 4 is 0 Å². The number of alkyl halides is 3. The van der Waals surface area contributed by atoms with Gasteiger partial charge in [0.2, 0.25) is 0 Å². The van der Waals surface area contributed by atoms with Gasteiger partial charge >= 0.3 is 6.18 Å². The van der Waals surface area contributed by atoms with Crippen LogP contribution in [0, 0.1) is 5.82 Å². The second-order valence-corrected chi connectivity index (χ2v) is 7.50. The molecular formula is C18H23F4NO3. The zero-order chi connectivity index (χ0) is 19.2. The van der Waals surface area contributed by atoms with E-state index in [4.69, 9.17) is 4.74 Å². The maximum Gasteiger partial charge on any atom is 0.416 e. The number of hydrogen-bond donors (Lipinski definition) is 2. The molecule has 4 nitrogen and oxygen atoms in total. The number of piperidine rings is 1. The van der Waals surface area contributed by atoms with Gasteiger partial charge in [-0.25, -0.2) is 4.39 Å². The van der Waals surface area contributed by atoms with Gasteiger partial charge < -0.3 is 14.9 Å². The van der Waals surface area contributed by atoms with E-state index in [1.807, 2.05) is 0 Å². The average Bonchev–Trinajstić information content (AvgIpc) is 2.54. The molecule has 0 aromatic heterocycles. The first kappa shape index (κ1) is 19.5. The lowest BCUT2D eigenvalue weighted by atomic mass is 9.75. The van der Waals surface area contributed by atoms with Gasteiger partial charge in [0, 0.05) is 26.1 Å². The Morgan fingerprint density at radius 2 is 1.88 bits per heavy atom. The third kappa shape index (κ3) is 3.74. The fraction of sp³-hybridized carbons (Fsp3) is 0.667. The van der Waals surface area contributed by atoms with Crippen LogP contribution < -0.4 is 0 Å². The monoisotopic (exact) mass is 377 g/mol. The van der Waals surface area contributed by atoms with E-state index >= 15 is 0 Å². The van der Waals surface area contributed by atoms with Crippen LogP contribution in [0.1, 0.15) is 37.3 Å². The van der Waals surface area contributed by atoms with Crippen molar-refractivity contribution in [2.24, 2.45) is 0 Å². The summed E-state index contributed by atoms with van der Waals surface area (Å²) in [6.45, 7) is 2.64. The number of ether oxygens (including phenoxy) is 1. The Morgan fingerprint density at radius 1 is 1.23 bits per heavy atom. The lowest BCUT2D eigenvalue weighted by Crippen LogP contribution is -2.64. The van der Waals surface area contributed by atoms with Gasteiger partial charge in [0.15, 0.2) is 0 Å². The lowest BCUT2D eigenvalue weighted by molar-refractivity contribution is -0.246. The van der Waals surface area contributed by atoms with Crippen LogP contribution in [0.4, 0.5) is 17.6 Å². The van der Waals surface area contributed by atoms with Crippen molar-refractivity contribution < 1.29 is 32.5 Å². The smallest absolute Gasteiger partial charge is 0.387 e. The summed E-state index contributed by atoms with van der Waals surface area (Å²) in [6.07, 6.45) is -4.48. The minimum absolute atomic E-state index is 0.0326. The molecule has 146 valence electrons. The Labute approximate surface area is 149 Å². The summed E-state index contributed by atoms with van der Waals surface area (Å²) in [6, 6.07) is 2.50. The maximum atomic E-state index is 13.4. The molecule has 0 unspecified atom stereocenters. The number of nitrogens with zero attached hydrogens (tertiary/aromatic N) is 1. The Morgan fingerprint density at radius 3 is 2.50 bits per heavy atom. The molecule has 2 atom stereocenters. The van der Waals surface area contributed by atoms with Crippen LogP contribution in [0.2, 0.25) is 0 Å². The molecule has 2 N–H and O–H groups in total. The van der Waals surface area contributed by atoms with Gasteiger partial charge in [0.1, 0.15) is 11.9 Å². The van der Waals surface area contributed by atoms with Crippen LogP contribution in [0.15, 0.2) is 18.2 Å². The zero-order valence-electron chi connectivity index (χ0n) is 14.5. The van der Waals surface area contributed by atoms with Gasteiger partial charge in [-0.2, -0.15) is 13.2 Å². The molecule has 2 saturated heterocycles. The van der Waals surface area contributed by atoms with Crippen molar-refractivity contribution in [3.63, 3.8) is 0 Å². The number of aliphatic hydroxyl groups excluding tert-OH is 1. The van der Waals surface area contributed by atoms with Crippen LogP contribution in [0.5, 0.6) is 0 Å². The van der Waals surface area contributed by atoms with Crippen molar-refractivity contribution in [2.45, 2.75) is 56.2 Å². The topological polar surface area (TPSA) is 52.9 Å². The minimum Gasteiger partial charge on any atom is -0.387 e. The van der Waals surface area contributed by atoms with E-state index in [0.29, 0.717) is 39.0 Å². The molecule has 8 heteroatoms. The quantitative estimate of drug-likeness (QED) is 0.779. The second-order valence-electron chi connectivity index (χ2n) is 7.50. The van der Waals surface area contributed by atoms with E-state index in [1.54, 1.807) is 11.8 Å². The highest BCUT2D eigenvalue weighted by Crippen LogP contribution is 2.40. The summed E-state index contributed by atoms with van der Waals surface area (Å²) >= 11 is 0. The normalized spacial score (nSPS) is 29.9. The molecule has 3 rings (SSSR count). The molecule has 2 fully saturated rings. The highest BCUT2D eigenvalue weighted by molar-refractivity contribution is 5.30. The molecule has 0 radical (unpaired) electrons. The largest absolute Gasteiger partial charge is 0.416 e. The van der Waals surface area contributed by atoms with Gasteiger partial charge in [0.05, 0.1) is 23.4 Å². The van der Waals surface area contributed by atoms with E-state index in [9.17, 15) is 27.8 Å². The van der Waals surface area contributed by atoms with Gasteiger partial charge in [-0.15, -0.1) is 0 Å². The lowest BCUT2D eigenvalue weighted by Gasteiger charge is -2.51. The molecule has 0 aliphatic carbocycles. The van der Waals surface area contributed by atoms with Crippen LogP contribution in [0.3, 0.4) is 0 Å². The van der Waals surface area contributed by atoms with Crippen LogP contribution in [-0.4, -0.2) is 52.1 Å². The summed E-state index contributed by atoms with van der Waals surface area (Å²) in [5, 5.41) is 20.8. The van der Waals surface area contributed by atoms with Gasteiger partial charge in [-0.05, 0) is 43.5 Å². The average molecular weight is 377 g/mol. The molecular weight excluding hydrogens is 354 g/mol. The molecule has 26 heavy (non-hydrogen) atoms. The Bertz CT molecular complexity index is 654. The molecule has 2 heterocycles. The fourth-order valence-corrected chi connectivity index (χ4v) is 3.96. The number of halogens is 4. The highest BCUT2D eigenvalue weighted by Gasteiger charge is 2.52. The van der Waals surface area contributed by atoms with Gasteiger partial charge in [-0.3, -0.25) is 4.90 Å². The summed E-state index contributed by atoms with van der Waals surface area (Å²) < 4.78 is 58.6. The Kier molecular flexibility index (Phi) is 5.07. The maximum absolute atomic E-state index is 13.4. The van der Waals surface area contributed by atoms with Crippen LogP contribution in [-0.2, 0) is 17.5 Å². The third-order valence-electron chi connectivity index (χ3n) is 5.55. The van der Waals surface area contributed by atoms with E-state index in [2.05, 4.69) is 0 Å². The molecule has 1 aromatic rings. The summed E-state index contributed by atoms with van der Waals surface area (Å²) in [5.41, 5.74) is -3.07. The molecule has 0 bridgehead atoms. The van der Waals surface area contributed by atoms with Gasteiger partial charge in [-0.1, -0.05) is 0 Å². The van der Waals surface area contributed by atoms with E-state index in [0.717, 1.165) is 18.2 Å². The number of benzene rings is 1. The summed E-state index contributed by atoms with van der Waals surface area (Å²) in [7, 11) is 0. The first-order valence-corrected chi connectivity index (χ1v) is 8.66. The second kappa shape index (κ2) is 6.74. The molecule has 2 aliphatic rings. The van der Waals surface area contributed by atoms with E-state index in [1.165, 1.54) is 0 Å². The highest BCUT2D eigenvalue weighted by atomic mass is 19.4. The molecule has 1 spiro atoms. The Hall–Kier alpha value is -1.22. The first-order chi connectivity index (χ1) is 12.0. The molecule has 2 aliphatic heterocycles. The predicted molar refractivity (Wildman–Crippen MR) is 85.8 cm³/mol. The minimum atomic E-state index is -4.54. The zero-order valence-corrected chi connectivity index (χ0v) is 14.5. The molecule has 1 aromatic carbocycles. The fourth-order valence-electron chi connectivity index (χ4n) is 3.96. The van der Waals surface area contributed by atoms with E-state index < -0.39 is 34.9 Å². The van der Waals surface area contributed by atoms with Crippen LogP contribution >= 0.6 is 0 Å². The summed E-state index contributed by atoms with van der Waals surface area (Å²) in [4.78, 5) is 1.79. The third-order valence-corrected chi connectivity index (χ3v) is 5.55. The van der Waals surface area contributed by atoms with Crippen molar-refractivity contribution in [3.05, 3.63) is 35.1 Å². The van der Waals surface area contributed by atoms with E-state index in [-0.39, 0.29) is 12.1 Å². The molecule has 0 saturated carbocycles. The molecule has 0 amide bonds. The SMILES string of the molecule is C[C@@]1(O)CCOC2(CCN(Cc3cc(F)ccc3C(F)(F)F)CC2)[C@H]1O.